The van der Waals surface area contributed by atoms with E-state index in [4.69, 9.17) is 12.8 Å². The molecule has 0 fully saturated rings. The van der Waals surface area contributed by atoms with Crippen molar-refractivity contribution in [3.05, 3.63) is 254 Å². The maximum absolute atomic E-state index is 7.18. The van der Waals surface area contributed by atoms with Gasteiger partial charge in [0.1, 0.15) is 10.3 Å². The Morgan fingerprint density at radius 1 is 0.303 bits per heavy atom. The third kappa shape index (κ3) is 10.9. The van der Waals surface area contributed by atoms with Gasteiger partial charge in [0.05, 0.1) is 37.1 Å². The molecule has 0 heterocycles. The van der Waals surface area contributed by atoms with E-state index in [0.717, 1.165) is 11.1 Å². The van der Waals surface area contributed by atoms with Crippen LogP contribution in [0.5, 0.6) is 0 Å². The van der Waals surface area contributed by atoms with E-state index in [0.29, 0.717) is 0 Å². The van der Waals surface area contributed by atoms with Crippen molar-refractivity contribution in [2.75, 3.05) is 0 Å². The van der Waals surface area contributed by atoms with Gasteiger partial charge in [-0.05, 0) is 119 Å². The van der Waals surface area contributed by atoms with Gasteiger partial charge in [0.15, 0.2) is 0 Å². The molecule has 0 bridgehead atoms. The van der Waals surface area contributed by atoms with Crippen LogP contribution in [0.1, 0.15) is 38.8 Å². The Hall–Kier alpha value is -5.30. The fourth-order valence-electron chi connectivity index (χ4n) is 8.98. The fourth-order valence-corrected chi connectivity index (χ4v) is 16.6. The summed E-state index contributed by atoms with van der Waals surface area (Å²) in [6.07, 6.45) is 14.4. The number of hydrogen-bond acceptors (Lipinski definition) is 0. The van der Waals surface area contributed by atoms with Crippen molar-refractivity contribution in [1.29, 1.82) is 0 Å². The quantitative estimate of drug-likeness (QED) is 0.0490. The first kappa shape index (κ1) is 50.1. The van der Waals surface area contributed by atoms with Crippen LogP contribution in [0.4, 0.5) is 0 Å². The summed E-state index contributed by atoms with van der Waals surface area (Å²) in [6, 6.07) is 82.0. The van der Waals surface area contributed by atoms with E-state index in [2.05, 4.69) is 209 Å². The Morgan fingerprint density at radius 3 is 0.833 bits per heavy atom. The van der Waals surface area contributed by atoms with Gasteiger partial charge in [-0.15, -0.1) is 35.4 Å². The second-order valence-corrected chi connectivity index (χ2v) is 23.5. The van der Waals surface area contributed by atoms with Crippen molar-refractivity contribution in [2.45, 2.75) is 38.0 Å². The smallest absolute Gasteiger partial charge is 0.366 e. The average Bonchev–Trinajstić information content (AvgIpc) is 3.35. The summed E-state index contributed by atoms with van der Waals surface area (Å²) >= 11 is 0. The van der Waals surface area contributed by atoms with Gasteiger partial charge in [0.25, 0.3) is 0 Å². The molecule has 0 saturated carbocycles. The molecule has 0 spiro atoms. The summed E-state index contributed by atoms with van der Waals surface area (Å²) in [5.41, 5.74) is 1.65. The molecular formula is C62H52Au2P2+2. The molecule has 10 aromatic carbocycles. The summed E-state index contributed by atoms with van der Waals surface area (Å²) in [7, 11) is -2.13. The molecule has 66 heavy (non-hydrogen) atoms. The monoisotopic (exact) mass is 1250 g/mol. The first-order chi connectivity index (χ1) is 31.2. The molecule has 0 unspecified atom stereocenters. The van der Waals surface area contributed by atoms with Crippen molar-refractivity contribution < 1.29 is 44.8 Å². The Labute approximate surface area is 425 Å². The van der Waals surface area contributed by atoms with Crippen molar-refractivity contribution in [1.82, 2.24) is 0 Å². The van der Waals surface area contributed by atoms with Gasteiger partial charge >= 0.3 is 44.8 Å². The minimum atomic E-state index is -1.07. The molecule has 330 valence electrons. The Morgan fingerprint density at radius 2 is 0.545 bits per heavy atom. The Balaban J connectivity index is 0.000000177. The summed E-state index contributed by atoms with van der Waals surface area (Å²) in [4.78, 5) is 0. The SMILES string of the molecule is CC(C)([PH+](c1ccccc1)c1ccccc1)C(C)(C)[PH+](c1ccccc1)c1ccccc1.[Au+].[Au+].[C-]#Cc1ccc2ccc3ccccc3c2c1.[C-]#Cc1ccc2ccc3ccccc3c2c1. The zero-order valence-corrected chi connectivity index (χ0v) is 43.9. The van der Waals surface area contributed by atoms with Crippen LogP contribution in [0, 0.1) is 24.7 Å². The molecule has 0 aliphatic rings. The van der Waals surface area contributed by atoms with E-state index >= 15 is 0 Å². The minimum absolute atomic E-state index is 0. The van der Waals surface area contributed by atoms with E-state index in [1.807, 2.05) is 60.7 Å². The van der Waals surface area contributed by atoms with Crippen LogP contribution in [0.2, 0.25) is 0 Å². The predicted molar refractivity (Wildman–Crippen MR) is 284 cm³/mol. The summed E-state index contributed by atoms with van der Waals surface area (Å²) < 4.78 is 0. The molecule has 4 heteroatoms. The molecule has 0 saturated heterocycles. The Bertz CT molecular complexity index is 2940. The molecule has 10 rings (SSSR count). The van der Waals surface area contributed by atoms with Crippen LogP contribution in [0.15, 0.2) is 231 Å². The Kier molecular flexibility index (Phi) is 17.4. The average molecular weight is 1250 g/mol. The molecule has 0 aliphatic carbocycles. The molecule has 0 N–H and O–H groups in total. The molecule has 0 aromatic heterocycles. The molecular weight excluding hydrogens is 1200 g/mol. The number of fused-ring (bicyclic) bond motifs is 6. The van der Waals surface area contributed by atoms with Crippen molar-refractivity contribution in [3.63, 3.8) is 0 Å². The van der Waals surface area contributed by atoms with Crippen LogP contribution >= 0.6 is 15.8 Å². The van der Waals surface area contributed by atoms with Crippen molar-refractivity contribution >= 4 is 80.2 Å². The normalized spacial score (nSPS) is 11.0. The molecule has 0 radical (unpaired) electrons. The van der Waals surface area contributed by atoms with Gasteiger partial charge in [-0.3, -0.25) is 11.8 Å². The molecule has 0 nitrogen and oxygen atoms in total. The van der Waals surface area contributed by atoms with E-state index in [-0.39, 0.29) is 55.1 Å². The van der Waals surface area contributed by atoms with Crippen molar-refractivity contribution in [2.24, 2.45) is 0 Å². The van der Waals surface area contributed by atoms with Crippen LogP contribution < -0.4 is 21.2 Å². The van der Waals surface area contributed by atoms with E-state index in [9.17, 15) is 0 Å². The summed E-state index contributed by atoms with van der Waals surface area (Å²) in [6.45, 7) is 10.1. The first-order valence-electron chi connectivity index (χ1n) is 21.8. The van der Waals surface area contributed by atoms with Crippen LogP contribution in [0.3, 0.4) is 0 Å². The number of hydrogen-bond donors (Lipinski definition) is 0. The third-order valence-corrected chi connectivity index (χ3v) is 20.5. The summed E-state index contributed by atoms with van der Waals surface area (Å²) in [5, 5.41) is 15.9. The van der Waals surface area contributed by atoms with Crippen LogP contribution in [0.25, 0.3) is 43.1 Å². The van der Waals surface area contributed by atoms with Crippen LogP contribution in [-0.2, 0) is 44.8 Å². The number of benzene rings is 10. The zero-order chi connectivity index (χ0) is 44.5. The fraction of sp³-hybridized carbons (Fsp3) is 0.0968. The number of rotatable bonds is 7. The second-order valence-electron chi connectivity index (χ2n) is 17.2. The van der Waals surface area contributed by atoms with E-state index in [1.54, 1.807) is 0 Å². The maximum atomic E-state index is 7.18. The third-order valence-electron chi connectivity index (χ3n) is 12.8. The second kappa shape index (κ2) is 22.9. The molecule has 10 aromatic rings. The summed E-state index contributed by atoms with van der Waals surface area (Å²) in [5.74, 6) is 4.87. The van der Waals surface area contributed by atoms with Crippen LogP contribution in [-0.4, -0.2) is 10.3 Å². The topological polar surface area (TPSA) is 0 Å². The molecule has 0 atom stereocenters. The first-order valence-corrected chi connectivity index (χ1v) is 24.8. The van der Waals surface area contributed by atoms with Crippen molar-refractivity contribution in [3.8, 4) is 11.8 Å². The van der Waals surface area contributed by atoms with Gasteiger partial charge in [-0.2, -0.15) is 0 Å². The van der Waals surface area contributed by atoms with Gasteiger partial charge in [-0.1, -0.05) is 158 Å². The van der Waals surface area contributed by atoms with E-state index in [1.165, 1.54) is 64.3 Å². The molecule has 0 aliphatic heterocycles. The van der Waals surface area contributed by atoms with Gasteiger partial charge in [0, 0.05) is 0 Å². The van der Waals surface area contributed by atoms with E-state index < -0.39 is 15.8 Å². The predicted octanol–water partition coefficient (Wildman–Crippen LogP) is 14.1. The largest absolute Gasteiger partial charge is 1.00 e. The van der Waals surface area contributed by atoms with Gasteiger partial charge in [0.2, 0.25) is 0 Å². The zero-order valence-electron chi connectivity index (χ0n) is 37.5. The maximum Gasteiger partial charge on any atom is 1.00 e. The van der Waals surface area contributed by atoms with Gasteiger partial charge < -0.3 is 12.8 Å². The minimum Gasteiger partial charge on any atom is -0.366 e. The standard InChI is InChI=1S/C30H32P2.2C16H9.2Au/c1-29(2,31(25-17-9-5-10-18-25)26-19-11-6-12-20-26)30(3,4)32(27-21-13-7-14-22-27)28-23-15-8-16-24-28;2*1-2-12-7-8-14-10-9-13-5-3-4-6-15(13)16(14)11-12;;/h5-24H,1-4H3;2*3-11H;;/q;2*-1;2*+1/p+2. The van der Waals surface area contributed by atoms with Gasteiger partial charge in [-0.25, -0.2) is 0 Å². The molecule has 0 amide bonds.